The number of nitrogens with one attached hydrogen (secondary N) is 1. The number of hydrogen-bond acceptors (Lipinski definition) is 2. The van der Waals surface area contributed by atoms with Crippen molar-refractivity contribution in [3.63, 3.8) is 0 Å². The molecular weight excluding hydrogens is 152 g/mol. The van der Waals surface area contributed by atoms with E-state index in [0.717, 1.165) is 13.1 Å². The molecule has 0 saturated heterocycles. The van der Waals surface area contributed by atoms with Crippen LogP contribution in [0.1, 0.15) is 13.3 Å². The lowest BCUT2D eigenvalue weighted by Crippen LogP contribution is -2.32. The summed E-state index contributed by atoms with van der Waals surface area (Å²) in [5.41, 5.74) is 0. The quantitative estimate of drug-likeness (QED) is 0.593. The molecule has 0 aliphatic carbocycles. The van der Waals surface area contributed by atoms with E-state index in [0.29, 0.717) is 13.0 Å². The fourth-order valence-corrected chi connectivity index (χ4v) is 0.953. The van der Waals surface area contributed by atoms with E-state index in [1.165, 1.54) is 0 Å². The lowest BCUT2D eigenvalue weighted by Gasteiger charge is -2.18. The Labute approximate surface area is 74.4 Å². The van der Waals surface area contributed by atoms with Gasteiger partial charge in [0.1, 0.15) is 0 Å². The van der Waals surface area contributed by atoms with E-state index in [2.05, 4.69) is 11.9 Å². The molecule has 0 aromatic heterocycles. The van der Waals surface area contributed by atoms with Gasteiger partial charge in [-0.25, -0.2) is 0 Å². The summed E-state index contributed by atoms with van der Waals surface area (Å²) in [5.74, 6) is 0.187. The van der Waals surface area contributed by atoms with E-state index < -0.39 is 0 Å². The fourth-order valence-electron chi connectivity index (χ4n) is 0.953. The normalized spacial score (nSPS) is 9.50. The maximum Gasteiger partial charge on any atom is 0.224 e. The topological polar surface area (TPSA) is 32.3 Å². The Kier molecular flexibility index (Phi) is 6.38. The molecule has 0 heterocycles. The molecule has 1 N–H and O–H groups in total. The monoisotopic (exact) mass is 170 g/mol. The van der Waals surface area contributed by atoms with Crippen LogP contribution in [0.2, 0.25) is 0 Å². The molecule has 0 aliphatic rings. The molecule has 12 heavy (non-hydrogen) atoms. The molecular formula is C9H18N2O. The number of carbonyl (C=O) groups excluding carboxylic acids is 1. The number of likely N-dealkylation sites (N-methyl/N-ethyl adjacent to an activating group) is 1. The molecule has 0 fully saturated rings. The van der Waals surface area contributed by atoms with Crippen LogP contribution in [0.4, 0.5) is 0 Å². The van der Waals surface area contributed by atoms with Gasteiger partial charge in [0.15, 0.2) is 0 Å². The van der Waals surface area contributed by atoms with E-state index in [-0.39, 0.29) is 5.91 Å². The Morgan fingerprint density at radius 3 is 2.75 bits per heavy atom. The average Bonchev–Trinajstić information content (AvgIpc) is 2.10. The van der Waals surface area contributed by atoms with Gasteiger partial charge < -0.3 is 10.2 Å². The Balaban J connectivity index is 3.76. The molecule has 0 aromatic rings. The van der Waals surface area contributed by atoms with Gasteiger partial charge in [-0.3, -0.25) is 4.79 Å². The minimum Gasteiger partial charge on any atom is -0.339 e. The van der Waals surface area contributed by atoms with Crippen molar-refractivity contribution in [1.29, 1.82) is 0 Å². The van der Waals surface area contributed by atoms with Gasteiger partial charge in [-0.2, -0.15) is 0 Å². The zero-order valence-corrected chi connectivity index (χ0v) is 7.97. The zero-order valence-electron chi connectivity index (χ0n) is 7.97. The summed E-state index contributed by atoms with van der Waals surface area (Å²) >= 11 is 0. The van der Waals surface area contributed by atoms with Gasteiger partial charge in [-0.05, 0) is 14.0 Å². The van der Waals surface area contributed by atoms with Gasteiger partial charge in [0.05, 0.1) is 0 Å². The standard InChI is InChI=1S/C9H18N2O/c1-4-8-11(5-2)9(12)6-7-10-3/h4,10H,1,5-8H2,2-3H3. The molecule has 0 radical (unpaired) electrons. The van der Waals surface area contributed by atoms with Crippen molar-refractivity contribution in [2.75, 3.05) is 26.7 Å². The van der Waals surface area contributed by atoms with Gasteiger partial charge in [-0.15, -0.1) is 6.58 Å². The first-order valence-electron chi connectivity index (χ1n) is 4.29. The van der Waals surface area contributed by atoms with Crippen LogP contribution in [-0.4, -0.2) is 37.5 Å². The second-order valence-electron chi connectivity index (χ2n) is 2.57. The van der Waals surface area contributed by atoms with Crippen LogP contribution in [0, 0.1) is 0 Å². The molecule has 70 valence electrons. The second kappa shape index (κ2) is 6.85. The van der Waals surface area contributed by atoms with Crippen molar-refractivity contribution < 1.29 is 4.79 Å². The molecule has 0 aliphatic heterocycles. The number of amides is 1. The van der Waals surface area contributed by atoms with Gasteiger partial charge in [0.2, 0.25) is 5.91 Å². The van der Waals surface area contributed by atoms with Crippen molar-refractivity contribution in [3.8, 4) is 0 Å². The highest BCUT2D eigenvalue weighted by atomic mass is 16.2. The minimum absolute atomic E-state index is 0.187. The van der Waals surface area contributed by atoms with Crippen LogP contribution in [0.15, 0.2) is 12.7 Å². The maximum atomic E-state index is 11.4. The summed E-state index contributed by atoms with van der Waals surface area (Å²) in [6.07, 6.45) is 2.32. The third-order valence-electron chi connectivity index (χ3n) is 1.67. The van der Waals surface area contributed by atoms with Crippen molar-refractivity contribution in [2.24, 2.45) is 0 Å². The van der Waals surface area contributed by atoms with Crippen LogP contribution >= 0.6 is 0 Å². The predicted octanol–water partition coefficient (Wildman–Crippen LogP) is 0.630. The molecule has 0 unspecified atom stereocenters. The number of nitrogens with zero attached hydrogens (tertiary/aromatic N) is 1. The first-order chi connectivity index (χ1) is 5.76. The molecule has 0 rings (SSSR count). The molecule has 1 amide bonds. The highest BCUT2D eigenvalue weighted by molar-refractivity contribution is 5.76. The van der Waals surface area contributed by atoms with E-state index in [9.17, 15) is 4.79 Å². The van der Waals surface area contributed by atoms with E-state index in [4.69, 9.17) is 0 Å². The van der Waals surface area contributed by atoms with Crippen molar-refractivity contribution in [2.45, 2.75) is 13.3 Å². The Hall–Kier alpha value is -0.830. The molecule has 3 nitrogen and oxygen atoms in total. The molecule has 0 saturated carbocycles. The Bertz CT molecular complexity index is 145. The molecule has 0 spiro atoms. The number of rotatable bonds is 6. The third-order valence-corrected chi connectivity index (χ3v) is 1.67. The SMILES string of the molecule is C=CCN(CC)C(=O)CCNC. The fraction of sp³-hybridized carbons (Fsp3) is 0.667. The van der Waals surface area contributed by atoms with Crippen LogP contribution < -0.4 is 5.32 Å². The molecule has 3 heteroatoms. The van der Waals surface area contributed by atoms with Crippen molar-refractivity contribution in [1.82, 2.24) is 10.2 Å². The third kappa shape index (κ3) is 4.13. The van der Waals surface area contributed by atoms with Gasteiger partial charge in [0.25, 0.3) is 0 Å². The summed E-state index contributed by atoms with van der Waals surface area (Å²) < 4.78 is 0. The van der Waals surface area contributed by atoms with Crippen molar-refractivity contribution >= 4 is 5.91 Å². The summed E-state index contributed by atoms with van der Waals surface area (Å²) in [7, 11) is 1.84. The van der Waals surface area contributed by atoms with E-state index in [1.807, 2.05) is 14.0 Å². The summed E-state index contributed by atoms with van der Waals surface area (Å²) in [4.78, 5) is 13.1. The van der Waals surface area contributed by atoms with E-state index >= 15 is 0 Å². The molecule has 0 aromatic carbocycles. The van der Waals surface area contributed by atoms with Gasteiger partial charge in [-0.1, -0.05) is 6.08 Å². The van der Waals surface area contributed by atoms with Crippen LogP contribution in [0.25, 0.3) is 0 Å². The first kappa shape index (κ1) is 11.2. The Morgan fingerprint density at radius 2 is 2.33 bits per heavy atom. The van der Waals surface area contributed by atoms with Crippen LogP contribution in [-0.2, 0) is 4.79 Å². The lowest BCUT2D eigenvalue weighted by molar-refractivity contribution is -0.130. The highest BCUT2D eigenvalue weighted by Crippen LogP contribution is 1.93. The lowest BCUT2D eigenvalue weighted by atomic mass is 10.3. The molecule has 0 atom stereocenters. The van der Waals surface area contributed by atoms with Crippen LogP contribution in [0.5, 0.6) is 0 Å². The van der Waals surface area contributed by atoms with E-state index in [1.54, 1.807) is 11.0 Å². The maximum absolute atomic E-state index is 11.4. The Morgan fingerprint density at radius 1 is 1.67 bits per heavy atom. The van der Waals surface area contributed by atoms with Gasteiger partial charge in [0, 0.05) is 26.1 Å². The number of carbonyl (C=O) groups is 1. The summed E-state index contributed by atoms with van der Waals surface area (Å²) in [6.45, 7) is 7.73. The number of hydrogen-bond donors (Lipinski definition) is 1. The second-order valence-corrected chi connectivity index (χ2v) is 2.57. The summed E-state index contributed by atoms with van der Waals surface area (Å²) in [6, 6.07) is 0. The highest BCUT2D eigenvalue weighted by Gasteiger charge is 2.07. The largest absolute Gasteiger partial charge is 0.339 e. The smallest absolute Gasteiger partial charge is 0.224 e. The zero-order chi connectivity index (χ0) is 9.40. The average molecular weight is 170 g/mol. The first-order valence-corrected chi connectivity index (χ1v) is 4.29. The van der Waals surface area contributed by atoms with Crippen molar-refractivity contribution in [3.05, 3.63) is 12.7 Å². The minimum atomic E-state index is 0.187. The summed E-state index contributed by atoms with van der Waals surface area (Å²) in [5, 5.41) is 2.95. The van der Waals surface area contributed by atoms with Gasteiger partial charge >= 0.3 is 0 Å². The van der Waals surface area contributed by atoms with Crippen LogP contribution in [0.3, 0.4) is 0 Å². The predicted molar refractivity (Wildman–Crippen MR) is 51.0 cm³/mol. The molecule has 0 bridgehead atoms.